The van der Waals surface area contributed by atoms with Crippen molar-refractivity contribution in [3.05, 3.63) is 24.2 Å². The molecule has 1 aromatic heterocycles. The Balaban J connectivity index is 1.49. The monoisotopic (exact) mass is 430 g/mol. The predicted octanol–water partition coefficient (Wildman–Crippen LogP) is 2.74. The third-order valence-electron chi connectivity index (χ3n) is 7.66. The van der Waals surface area contributed by atoms with Gasteiger partial charge in [0.25, 0.3) is 5.91 Å². The molecule has 3 N–H and O–H groups in total. The molecule has 3 fully saturated rings. The molecule has 3 aliphatic rings. The highest BCUT2D eigenvalue weighted by Crippen LogP contribution is 2.43. The van der Waals surface area contributed by atoms with E-state index in [2.05, 4.69) is 5.32 Å². The van der Waals surface area contributed by atoms with E-state index in [1.807, 2.05) is 16.7 Å². The van der Waals surface area contributed by atoms with E-state index in [0.717, 1.165) is 44.9 Å². The smallest absolute Gasteiger partial charge is 0.312 e. The van der Waals surface area contributed by atoms with Crippen LogP contribution in [0.4, 0.5) is 4.79 Å². The molecule has 3 unspecified atom stereocenters. The quantitative estimate of drug-likeness (QED) is 0.768. The van der Waals surface area contributed by atoms with Crippen molar-refractivity contribution in [2.24, 2.45) is 17.6 Å². The van der Waals surface area contributed by atoms with Gasteiger partial charge in [-0.05, 0) is 75.8 Å². The maximum atomic E-state index is 13.2. The number of nitrogens with two attached hydrogens (primary N) is 1. The first-order chi connectivity index (χ1) is 14.8. The maximum Gasteiger partial charge on any atom is 0.312 e. The number of furan rings is 1. The first-order valence-corrected chi connectivity index (χ1v) is 11.5. The van der Waals surface area contributed by atoms with E-state index in [-0.39, 0.29) is 36.0 Å². The minimum absolute atomic E-state index is 0.00970. The predicted molar refractivity (Wildman–Crippen MR) is 115 cm³/mol. The Labute approximate surface area is 183 Å². The summed E-state index contributed by atoms with van der Waals surface area (Å²) in [6.07, 6.45) is 8.44. The fourth-order valence-corrected chi connectivity index (χ4v) is 6.34. The fourth-order valence-electron chi connectivity index (χ4n) is 6.34. The van der Waals surface area contributed by atoms with Crippen LogP contribution < -0.4 is 11.1 Å². The molecular formula is C23H34N4O4. The molecule has 2 aliphatic carbocycles. The second-order valence-electron chi connectivity index (χ2n) is 9.54. The van der Waals surface area contributed by atoms with Crippen LogP contribution in [0.1, 0.15) is 69.3 Å². The molecule has 31 heavy (non-hydrogen) atoms. The Hall–Kier alpha value is -2.51. The van der Waals surface area contributed by atoms with E-state index < -0.39 is 6.03 Å². The summed E-state index contributed by atoms with van der Waals surface area (Å²) in [6, 6.07) is 3.24. The van der Waals surface area contributed by atoms with Crippen LogP contribution in [0, 0.1) is 11.8 Å². The van der Waals surface area contributed by atoms with Crippen LogP contribution in [0.25, 0.3) is 0 Å². The van der Waals surface area contributed by atoms with Gasteiger partial charge in [0.2, 0.25) is 5.91 Å². The Morgan fingerprint density at radius 3 is 2.39 bits per heavy atom. The van der Waals surface area contributed by atoms with Gasteiger partial charge in [-0.3, -0.25) is 9.59 Å². The molecule has 4 amide bonds. The first kappa shape index (κ1) is 21.7. The highest BCUT2D eigenvalue weighted by molar-refractivity contribution is 5.92. The Morgan fingerprint density at radius 2 is 1.77 bits per heavy atom. The molecule has 1 aromatic rings. The van der Waals surface area contributed by atoms with Crippen molar-refractivity contribution in [2.75, 3.05) is 6.54 Å². The van der Waals surface area contributed by atoms with Crippen molar-refractivity contribution < 1.29 is 18.8 Å². The summed E-state index contributed by atoms with van der Waals surface area (Å²) in [5, 5.41) is 2.84. The van der Waals surface area contributed by atoms with Gasteiger partial charge in [0.15, 0.2) is 5.76 Å². The van der Waals surface area contributed by atoms with Crippen molar-refractivity contribution >= 4 is 17.8 Å². The highest BCUT2D eigenvalue weighted by Gasteiger charge is 2.48. The number of nitrogens with one attached hydrogen (secondary N) is 1. The van der Waals surface area contributed by atoms with Crippen LogP contribution in [0.3, 0.4) is 0 Å². The highest BCUT2D eigenvalue weighted by atomic mass is 16.3. The van der Waals surface area contributed by atoms with Crippen molar-refractivity contribution in [3.8, 4) is 0 Å². The molecule has 170 valence electrons. The molecule has 0 spiro atoms. The molecule has 8 heteroatoms. The van der Waals surface area contributed by atoms with Gasteiger partial charge in [-0.2, -0.15) is 0 Å². The molecule has 0 aromatic carbocycles. The standard InChI is InChI=1S/C23H34N4O4/c1-14-13-26(22(29)21-4-3-11-31-21)20-12-17(7-10-19(20)27(14)15(2)28)16-5-8-18(9-6-16)25-23(24)30/h3-4,11,14,16-20H,5-10,12-13H2,1-2H3,(H3,24,25,30)/t14-,16?,17?,18?,19?,20?/m0/s1. The zero-order valence-corrected chi connectivity index (χ0v) is 18.5. The van der Waals surface area contributed by atoms with E-state index in [1.165, 1.54) is 6.26 Å². The summed E-state index contributed by atoms with van der Waals surface area (Å²) in [4.78, 5) is 40.8. The summed E-state index contributed by atoms with van der Waals surface area (Å²) in [5.74, 6) is 1.47. The lowest BCUT2D eigenvalue weighted by Gasteiger charge is -2.54. The van der Waals surface area contributed by atoms with Crippen LogP contribution in [0.5, 0.6) is 0 Å². The van der Waals surface area contributed by atoms with Crippen molar-refractivity contribution in [3.63, 3.8) is 0 Å². The van der Waals surface area contributed by atoms with Gasteiger partial charge in [-0.15, -0.1) is 0 Å². The molecule has 1 aliphatic heterocycles. The number of urea groups is 1. The number of carbonyl (C=O) groups excluding carboxylic acids is 3. The lowest BCUT2D eigenvalue weighted by Crippen LogP contribution is -2.67. The number of hydrogen-bond donors (Lipinski definition) is 2. The minimum Gasteiger partial charge on any atom is -0.459 e. The number of carbonyl (C=O) groups is 3. The second-order valence-corrected chi connectivity index (χ2v) is 9.54. The number of fused-ring (bicyclic) bond motifs is 1. The van der Waals surface area contributed by atoms with Gasteiger partial charge < -0.3 is 25.3 Å². The SMILES string of the molecule is CC(=O)N1C2CCC(C3CCC(NC(N)=O)CC3)CC2N(C(=O)c2ccco2)C[C@@H]1C. The number of nitrogens with zero attached hydrogens (tertiary/aromatic N) is 2. The minimum atomic E-state index is -0.448. The normalized spacial score (nSPS) is 33.5. The number of piperazine rings is 1. The number of hydrogen-bond acceptors (Lipinski definition) is 4. The van der Waals surface area contributed by atoms with Crippen LogP contribution in [-0.2, 0) is 4.79 Å². The average molecular weight is 431 g/mol. The topological polar surface area (TPSA) is 109 Å². The lowest BCUT2D eigenvalue weighted by atomic mass is 9.69. The number of primary amides is 1. The van der Waals surface area contributed by atoms with Gasteiger partial charge >= 0.3 is 6.03 Å². The summed E-state index contributed by atoms with van der Waals surface area (Å²) >= 11 is 0. The zero-order chi connectivity index (χ0) is 22.1. The Kier molecular flexibility index (Phi) is 6.25. The van der Waals surface area contributed by atoms with Crippen molar-refractivity contribution in [2.45, 2.75) is 83.0 Å². The van der Waals surface area contributed by atoms with Crippen LogP contribution in [0.2, 0.25) is 0 Å². The molecule has 0 radical (unpaired) electrons. The van der Waals surface area contributed by atoms with Gasteiger partial charge in [-0.25, -0.2) is 4.79 Å². The molecule has 1 saturated heterocycles. The zero-order valence-electron chi connectivity index (χ0n) is 18.5. The summed E-state index contributed by atoms with van der Waals surface area (Å²) in [5.41, 5.74) is 5.28. The van der Waals surface area contributed by atoms with Gasteiger partial charge in [0.05, 0.1) is 18.3 Å². The van der Waals surface area contributed by atoms with Crippen LogP contribution in [0.15, 0.2) is 22.8 Å². The van der Waals surface area contributed by atoms with Gasteiger partial charge in [-0.1, -0.05) is 0 Å². The second kappa shape index (κ2) is 8.93. The molecule has 2 saturated carbocycles. The summed E-state index contributed by atoms with van der Waals surface area (Å²) < 4.78 is 5.41. The van der Waals surface area contributed by atoms with Crippen molar-refractivity contribution in [1.29, 1.82) is 0 Å². The largest absolute Gasteiger partial charge is 0.459 e. The van der Waals surface area contributed by atoms with Crippen LogP contribution >= 0.6 is 0 Å². The lowest BCUT2D eigenvalue weighted by molar-refractivity contribution is -0.142. The molecular weight excluding hydrogens is 396 g/mol. The molecule has 4 rings (SSSR count). The summed E-state index contributed by atoms with van der Waals surface area (Å²) in [6.45, 7) is 4.19. The number of amides is 4. The Morgan fingerprint density at radius 1 is 1.06 bits per heavy atom. The van der Waals surface area contributed by atoms with Gasteiger partial charge in [0.1, 0.15) is 0 Å². The van der Waals surface area contributed by atoms with E-state index in [9.17, 15) is 14.4 Å². The van der Waals surface area contributed by atoms with Crippen LogP contribution in [-0.4, -0.2) is 58.4 Å². The number of rotatable bonds is 3. The average Bonchev–Trinajstić information content (AvgIpc) is 3.27. The summed E-state index contributed by atoms with van der Waals surface area (Å²) in [7, 11) is 0. The molecule has 2 heterocycles. The maximum absolute atomic E-state index is 13.2. The Bertz CT molecular complexity index is 803. The van der Waals surface area contributed by atoms with E-state index in [1.54, 1.807) is 19.1 Å². The molecule has 0 bridgehead atoms. The molecule has 4 atom stereocenters. The third-order valence-corrected chi connectivity index (χ3v) is 7.66. The first-order valence-electron chi connectivity index (χ1n) is 11.5. The van der Waals surface area contributed by atoms with Crippen molar-refractivity contribution in [1.82, 2.24) is 15.1 Å². The third kappa shape index (κ3) is 4.43. The van der Waals surface area contributed by atoms with E-state index in [0.29, 0.717) is 24.1 Å². The van der Waals surface area contributed by atoms with E-state index >= 15 is 0 Å². The fraction of sp³-hybridized carbons (Fsp3) is 0.696. The molecule has 8 nitrogen and oxygen atoms in total. The van der Waals surface area contributed by atoms with E-state index in [4.69, 9.17) is 10.2 Å². The van der Waals surface area contributed by atoms with Gasteiger partial charge in [0, 0.05) is 25.6 Å².